The fourth-order valence-electron chi connectivity index (χ4n) is 6.90. The summed E-state index contributed by atoms with van der Waals surface area (Å²) < 4.78 is 17.1. The third-order valence-electron chi connectivity index (χ3n) is 9.01. The van der Waals surface area contributed by atoms with Crippen molar-refractivity contribution >= 4 is 39.8 Å². The number of hydrogen-bond donors (Lipinski definition) is 0. The Balaban J connectivity index is 1.36. The minimum atomic E-state index is -0.917. The second kappa shape index (κ2) is 8.54. The van der Waals surface area contributed by atoms with Crippen molar-refractivity contribution in [3.8, 4) is 17.2 Å². The molecule has 4 atom stereocenters. The molecule has 0 bridgehead atoms. The number of aryl methyl sites for hydroxylation is 2. The van der Waals surface area contributed by atoms with Gasteiger partial charge in [-0.15, -0.1) is 0 Å². The molecular formula is C34H25NO6. The smallest absolute Gasteiger partial charge is 0.319 e. The molecule has 0 radical (unpaired) electrons. The Morgan fingerprint density at radius 3 is 2.39 bits per heavy atom. The lowest BCUT2D eigenvalue weighted by atomic mass is 9.64. The van der Waals surface area contributed by atoms with Gasteiger partial charge in [0.25, 0.3) is 0 Å². The van der Waals surface area contributed by atoms with Crippen LogP contribution in [-0.2, 0) is 14.4 Å². The van der Waals surface area contributed by atoms with Crippen molar-refractivity contribution in [2.75, 3.05) is 11.7 Å². The number of rotatable bonds is 2. The molecule has 1 saturated heterocycles. The molecule has 3 aliphatic heterocycles. The zero-order chi connectivity index (χ0) is 28.0. The van der Waals surface area contributed by atoms with E-state index in [0.717, 1.165) is 38.6 Å². The first kappa shape index (κ1) is 23.9. The molecule has 4 aromatic rings. The quantitative estimate of drug-likeness (QED) is 0.183. The van der Waals surface area contributed by atoms with Crippen LogP contribution >= 0.6 is 0 Å². The van der Waals surface area contributed by atoms with E-state index in [2.05, 4.69) is 0 Å². The number of allylic oxidation sites excluding steroid dienone is 1. The highest BCUT2D eigenvalue weighted by atomic mass is 16.7. The molecule has 2 amide bonds. The average Bonchev–Trinajstić information content (AvgIpc) is 3.55. The summed E-state index contributed by atoms with van der Waals surface area (Å²) in [4.78, 5) is 43.5. The number of anilines is 1. The number of fused-ring (bicyclic) bond motifs is 8. The Morgan fingerprint density at radius 2 is 1.54 bits per heavy atom. The van der Waals surface area contributed by atoms with E-state index in [1.807, 2.05) is 80.6 Å². The van der Waals surface area contributed by atoms with Gasteiger partial charge in [-0.2, -0.15) is 0 Å². The van der Waals surface area contributed by atoms with Gasteiger partial charge < -0.3 is 14.2 Å². The van der Waals surface area contributed by atoms with Crippen LogP contribution < -0.4 is 19.1 Å². The zero-order valence-electron chi connectivity index (χ0n) is 22.4. The summed E-state index contributed by atoms with van der Waals surface area (Å²) in [6, 6.07) is 22.8. The SMILES string of the molecule is Cc1ccc(N2C(=O)[C@@H]3[C@@H]4C(=O)Oc5ccc6ccccc6c5C4=C[C@H](c4ccc5c(c4)OCO5)[C@H]3C2=O)cc1C. The normalized spacial score (nSPS) is 24.1. The van der Waals surface area contributed by atoms with Crippen molar-refractivity contribution < 1.29 is 28.6 Å². The number of ether oxygens (including phenoxy) is 3. The summed E-state index contributed by atoms with van der Waals surface area (Å²) in [7, 11) is 0. The average molecular weight is 544 g/mol. The molecule has 0 saturated carbocycles. The Hall–Kier alpha value is -4.91. The van der Waals surface area contributed by atoms with Gasteiger partial charge in [0, 0.05) is 11.5 Å². The van der Waals surface area contributed by atoms with Crippen LogP contribution in [0, 0.1) is 31.6 Å². The lowest BCUT2D eigenvalue weighted by Crippen LogP contribution is -2.42. The number of benzene rings is 4. The molecule has 1 fully saturated rings. The van der Waals surface area contributed by atoms with Crippen LogP contribution in [-0.4, -0.2) is 24.6 Å². The molecule has 202 valence electrons. The standard InChI is InChI=1S/C34H25NO6/c1-17-7-10-21(13-18(17)2)35-32(36)29-23(20-9-11-25-27(14-20)40-16-39-25)15-24-28-22-6-4-3-5-19(22)8-12-26(28)41-34(38)30(24)31(29)33(35)37/h3-15,23,29-31H,16H2,1-2H3/t23-,29-,30-,31+/m1/s1. The third kappa shape index (κ3) is 3.35. The highest BCUT2D eigenvalue weighted by molar-refractivity contribution is 6.25. The molecule has 0 N–H and O–H groups in total. The van der Waals surface area contributed by atoms with E-state index < -0.39 is 29.6 Å². The molecule has 41 heavy (non-hydrogen) atoms. The largest absolute Gasteiger partial charge is 0.454 e. The van der Waals surface area contributed by atoms with E-state index in [-0.39, 0.29) is 18.6 Å². The monoisotopic (exact) mass is 543 g/mol. The molecule has 4 aliphatic rings. The van der Waals surface area contributed by atoms with Crippen LogP contribution in [0.3, 0.4) is 0 Å². The van der Waals surface area contributed by atoms with Gasteiger partial charge in [0.05, 0.1) is 23.4 Å². The molecule has 0 spiro atoms. The maximum Gasteiger partial charge on any atom is 0.319 e. The third-order valence-corrected chi connectivity index (χ3v) is 9.01. The Kier molecular flexibility index (Phi) is 4.99. The summed E-state index contributed by atoms with van der Waals surface area (Å²) in [5.41, 5.74) is 4.88. The highest BCUT2D eigenvalue weighted by Gasteiger charge is 2.60. The number of nitrogens with zero attached hydrogens (tertiary/aromatic N) is 1. The lowest BCUT2D eigenvalue weighted by Gasteiger charge is -2.38. The minimum absolute atomic E-state index is 0.127. The first-order valence-electron chi connectivity index (χ1n) is 13.7. The number of imide groups is 1. The molecule has 7 nitrogen and oxygen atoms in total. The second-order valence-electron chi connectivity index (χ2n) is 11.2. The van der Waals surface area contributed by atoms with Crippen LogP contribution in [0.15, 0.2) is 78.9 Å². The number of carbonyl (C=O) groups is 3. The Morgan fingerprint density at radius 1 is 0.756 bits per heavy atom. The summed E-state index contributed by atoms with van der Waals surface area (Å²) >= 11 is 0. The molecule has 0 unspecified atom stereocenters. The molecule has 8 rings (SSSR count). The van der Waals surface area contributed by atoms with Gasteiger partial charge in [0.1, 0.15) is 5.75 Å². The van der Waals surface area contributed by atoms with Crippen LogP contribution in [0.1, 0.15) is 28.2 Å². The molecule has 1 aliphatic carbocycles. The van der Waals surface area contributed by atoms with E-state index in [0.29, 0.717) is 22.9 Å². The molecule has 3 heterocycles. The van der Waals surface area contributed by atoms with Gasteiger partial charge in [0.2, 0.25) is 18.6 Å². The van der Waals surface area contributed by atoms with E-state index in [1.54, 1.807) is 12.1 Å². The number of carbonyl (C=O) groups excluding carboxylic acids is 3. The zero-order valence-corrected chi connectivity index (χ0v) is 22.4. The van der Waals surface area contributed by atoms with Crippen molar-refractivity contribution in [1.29, 1.82) is 0 Å². The van der Waals surface area contributed by atoms with Crippen LogP contribution in [0.25, 0.3) is 16.3 Å². The van der Waals surface area contributed by atoms with Crippen LogP contribution in [0.5, 0.6) is 17.2 Å². The molecule has 4 aromatic carbocycles. The van der Waals surface area contributed by atoms with Crippen molar-refractivity contribution in [3.05, 3.63) is 101 Å². The van der Waals surface area contributed by atoms with Gasteiger partial charge >= 0.3 is 5.97 Å². The first-order chi connectivity index (χ1) is 19.9. The van der Waals surface area contributed by atoms with Crippen molar-refractivity contribution in [2.24, 2.45) is 17.8 Å². The summed E-state index contributed by atoms with van der Waals surface area (Å²) in [6.07, 6.45) is 2.00. The molecule has 0 aromatic heterocycles. The number of hydrogen-bond acceptors (Lipinski definition) is 6. The maximum absolute atomic E-state index is 14.3. The Labute approximate surface area is 235 Å². The molecular weight excluding hydrogens is 518 g/mol. The summed E-state index contributed by atoms with van der Waals surface area (Å²) in [6.45, 7) is 4.06. The highest BCUT2D eigenvalue weighted by Crippen LogP contribution is 2.56. The van der Waals surface area contributed by atoms with E-state index in [9.17, 15) is 14.4 Å². The van der Waals surface area contributed by atoms with Crippen molar-refractivity contribution in [3.63, 3.8) is 0 Å². The van der Waals surface area contributed by atoms with Gasteiger partial charge in [-0.25, -0.2) is 4.90 Å². The van der Waals surface area contributed by atoms with Gasteiger partial charge in [-0.3, -0.25) is 14.4 Å². The van der Waals surface area contributed by atoms with E-state index in [1.165, 1.54) is 4.90 Å². The van der Waals surface area contributed by atoms with Gasteiger partial charge in [-0.1, -0.05) is 48.5 Å². The van der Waals surface area contributed by atoms with Gasteiger partial charge in [0.15, 0.2) is 11.5 Å². The van der Waals surface area contributed by atoms with E-state index >= 15 is 0 Å². The number of amides is 2. The van der Waals surface area contributed by atoms with Crippen LogP contribution in [0.4, 0.5) is 5.69 Å². The fourth-order valence-corrected chi connectivity index (χ4v) is 6.90. The fraction of sp³-hybridized carbons (Fsp3) is 0.206. The first-order valence-corrected chi connectivity index (χ1v) is 13.7. The predicted molar refractivity (Wildman–Crippen MR) is 152 cm³/mol. The number of esters is 1. The predicted octanol–water partition coefficient (Wildman–Crippen LogP) is 5.71. The summed E-state index contributed by atoms with van der Waals surface area (Å²) in [5.74, 6) is -2.62. The summed E-state index contributed by atoms with van der Waals surface area (Å²) in [5, 5.41) is 1.93. The Bertz CT molecular complexity index is 1870. The van der Waals surface area contributed by atoms with E-state index in [4.69, 9.17) is 14.2 Å². The van der Waals surface area contributed by atoms with Gasteiger partial charge in [-0.05, 0) is 77.2 Å². The van der Waals surface area contributed by atoms with Crippen LogP contribution in [0.2, 0.25) is 0 Å². The topological polar surface area (TPSA) is 82.1 Å². The van der Waals surface area contributed by atoms with Crippen molar-refractivity contribution in [1.82, 2.24) is 0 Å². The lowest BCUT2D eigenvalue weighted by molar-refractivity contribution is -0.142. The minimum Gasteiger partial charge on any atom is -0.454 e. The second-order valence-corrected chi connectivity index (χ2v) is 11.2. The van der Waals surface area contributed by atoms with Crippen molar-refractivity contribution in [2.45, 2.75) is 19.8 Å². The maximum atomic E-state index is 14.3. The molecule has 7 heteroatoms.